The van der Waals surface area contributed by atoms with E-state index in [1.54, 1.807) is 32.3 Å². The topological polar surface area (TPSA) is 191 Å². The number of hydrogen-bond acceptors (Lipinski definition) is 10. The van der Waals surface area contributed by atoms with E-state index in [-0.39, 0.29) is 28.4 Å². The summed E-state index contributed by atoms with van der Waals surface area (Å²) in [4.78, 5) is 64.2. The number of aryl methyl sites for hydroxylation is 1. The smallest absolute Gasteiger partial charge is 0.314 e. The third kappa shape index (κ3) is 10.0. The van der Waals surface area contributed by atoms with Crippen molar-refractivity contribution in [1.82, 2.24) is 30.4 Å². The summed E-state index contributed by atoms with van der Waals surface area (Å²) in [6, 6.07) is 7.93. The molecule has 0 saturated heterocycles. The van der Waals surface area contributed by atoms with E-state index in [0.717, 1.165) is 35.6 Å². The Morgan fingerprint density at radius 3 is 2.35 bits per heavy atom. The summed E-state index contributed by atoms with van der Waals surface area (Å²) in [5.74, 6) is -2.25. The molecule has 5 rings (SSSR count). The van der Waals surface area contributed by atoms with Crippen LogP contribution in [0.4, 0.5) is 5.82 Å². The zero-order valence-corrected chi connectivity index (χ0v) is 29.3. The minimum absolute atomic E-state index is 0.0386. The van der Waals surface area contributed by atoms with Crippen LogP contribution in [-0.4, -0.2) is 96.1 Å². The summed E-state index contributed by atoms with van der Waals surface area (Å²) in [6.45, 7) is 3.48. The van der Waals surface area contributed by atoms with E-state index < -0.39 is 34.0 Å². The zero-order chi connectivity index (χ0) is 35.2. The molecule has 1 fully saturated rings. The number of nitrogens with zero attached hydrogens (tertiary/aromatic N) is 4. The van der Waals surface area contributed by atoms with E-state index in [1.165, 1.54) is 40.6 Å². The van der Waals surface area contributed by atoms with Crippen molar-refractivity contribution in [2.45, 2.75) is 56.1 Å². The number of benzene rings is 1. The van der Waals surface area contributed by atoms with E-state index in [4.69, 9.17) is 16.2 Å². The van der Waals surface area contributed by atoms with Crippen LogP contribution in [0.25, 0.3) is 0 Å². The number of anilines is 1. The molecule has 14 nitrogen and oxygen atoms in total. The Bertz CT molecular complexity index is 1750. The van der Waals surface area contributed by atoms with Gasteiger partial charge in [-0.05, 0) is 57.5 Å². The quantitative estimate of drug-likeness (QED) is 0.218. The molecule has 2 aromatic heterocycles. The van der Waals surface area contributed by atoms with Crippen LogP contribution in [0.15, 0.2) is 47.5 Å². The Hall–Kier alpha value is -3.96. The lowest BCUT2D eigenvalue weighted by Gasteiger charge is -2.37. The van der Waals surface area contributed by atoms with Crippen molar-refractivity contribution in [1.29, 1.82) is 0 Å². The molecule has 4 amide bonds. The Morgan fingerprint density at radius 1 is 1.02 bits per heavy atom. The first-order chi connectivity index (χ1) is 22.6. The highest BCUT2D eigenvalue weighted by molar-refractivity contribution is 7.85. The maximum absolute atomic E-state index is 13.2. The van der Waals surface area contributed by atoms with Crippen LogP contribution in [-0.2, 0) is 37.5 Å². The molecule has 1 aromatic carbocycles. The lowest BCUT2D eigenvalue weighted by Crippen LogP contribution is -2.57. The molecule has 1 saturated carbocycles. The molecule has 1 aliphatic carbocycles. The molecule has 17 heteroatoms. The minimum atomic E-state index is -4.02. The molecule has 0 radical (unpaired) electrons. The van der Waals surface area contributed by atoms with Crippen LogP contribution in [0, 0.1) is 12.8 Å². The maximum atomic E-state index is 13.2. The van der Waals surface area contributed by atoms with Gasteiger partial charge in [-0.1, -0.05) is 29.3 Å². The summed E-state index contributed by atoms with van der Waals surface area (Å²) in [5.41, 5.74) is 1.90. The van der Waals surface area contributed by atoms with Gasteiger partial charge >= 0.3 is 11.8 Å². The van der Waals surface area contributed by atoms with Gasteiger partial charge < -0.3 is 25.8 Å². The van der Waals surface area contributed by atoms with Gasteiger partial charge in [0.15, 0.2) is 5.01 Å². The molecule has 258 valence electrons. The summed E-state index contributed by atoms with van der Waals surface area (Å²) in [5, 5.41) is 8.91. The summed E-state index contributed by atoms with van der Waals surface area (Å²) in [7, 11) is 1.39. The second kappa shape index (κ2) is 16.0. The third-order valence-electron chi connectivity index (χ3n) is 7.88. The standard InChI is InChI=1S/C24H30ClN7O4S.C7H8O3S/c1-31(2)24(36)13-4-6-15(27-20(33)21(34)30-19-7-5-14(25)11-26-19)17(10-13)28-22(35)23-29-16-8-9-32(3)12-18(16)37-23;1-6-2-4-7(5-3-6)11(8,9)10/h5,7,11,13,15,17H,4,6,8-10,12H2,1-3H3,(H,27,33)(H,28,35)(H,26,30,34);2-5H,1H3,(H,8,9,10)/t13-,15+,17+;/m0./s1. The van der Waals surface area contributed by atoms with Crippen LogP contribution < -0.4 is 16.0 Å². The average Bonchev–Trinajstić information content (AvgIpc) is 3.46. The van der Waals surface area contributed by atoms with Crippen LogP contribution in [0.1, 0.15) is 45.2 Å². The fourth-order valence-corrected chi connectivity index (χ4v) is 6.99. The number of carbonyl (C=O) groups is 4. The van der Waals surface area contributed by atoms with E-state index in [0.29, 0.717) is 29.3 Å². The molecular formula is C31H38ClN7O7S2. The van der Waals surface area contributed by atoms with Gasteiger partial charge in [0.1, 0.15) is 5.82 Å². The van der Waals surface area contributed by atoms with E-state index >= 15 is 0 Å². The summed E-state index contributed by atoms with van der Waals surface area (Å²) >= 11 is 7.17. The van der Waals surface area contributed by atoms with E-state index in [2.05, 4.69) is 30.8 Å². The minimum Gasteiger partial charge on any atom is -0.349 e. The first-order valence-electron chi connectivity index (χ1n) is 15.1. The van der Waals surface area contributed by atoms with Crippen LogP contribution in [0.2, 0.25) is 5.02 Å². The third-order valence-corrected chi connectivity index (χ3v) is 10.1. The fourth-order valence-electron chi connectivity index (χ4n) is 5.31. The van der Waals surface area contributed by atoms with Crippen molar-refractivity contribution in [3.8, 4) is 0 Å². The number of pyridine rings is 1. The van der Waals surface area contributed by atoms with Gasteiger partial charge in [-0.3, -0.25) is 23.7 Å². The van der Waals surface area contributed by atoms with Crippen molar-refractivity contribution >= 4 is 62.5 Å². The molecule has 48 heavy (non-hydrogen) atoms. The highest BCUT2D eigenvalue weighted by Gasteiger charge is 2.37. The Morgan fingerprint density at radius 2 is 1.73 bits per heavy atom. The van der Waals surface area contributed by atoms with Crippen LogP contribution in [0.5, 0.6) is 0 Å². The normalized spacial score (nSPS) is 19.2. The second-order valence-electron chi connectivity index (χ2n) is 11.9. The largest absolute Gasteiger partial charge is 0.349 e. The van der Waals surface area contributed by atoms with E-state index in [1.807, 2.05) is 14.0 Å². The van der Waals surface area contributed by atoms with Gasteiger partial charge in [-0.2, -0.15) is 8.42 Å². The zero-order valence-electron chi connectivity index (χ0n) is 26.9. The molecular weight excluding hydrogens is 682 g/mol. The number of hydrogen-bond donors (Lipinski definition) is 4. The number of thiazole rings is 1. The average molecular weight is 720 g/mol. The van der Waals surface area contributed by atoms with Gasteiger partial charge in [-0.15, -0.1) is 11.3 Å². The lowest BCUT2D eigenvalue weighted by molar-refractivity contribution is -0.137. The predicted octanol–water partition coefficient (Wildman–Crippen LogP) is 2.53. The number of likely N-dealkylation sites (N-methyl/N-ethyl adjacent to an activating group) is 1. The summed E-state index contributed by atoms with van der Waals surface area (Å²) < 4.78 is 29.6. The molecule has 0 bridgehead atoms. The number of fused-ring (bicyclic) bond motifs is 1. The van der Waals surface area contributed by atoms with Crippen molar-refractivity contribution in [3.63, 3.8) is 0 Å². The van der Waals surface area contributed by atoms with Gasteiger partial charge in [0.2, 0.25) is 5.91 Å². The second-order valence-corrected chi connectivity index (χ2v) is 14.8. The SMILES string of the molecule is CN1CCc2nc(C(=O)N[C@@H]3C[C@@H](C(=O)N(C)C)CC[C@H]3NC(=O)C(=O)Nc3ccc(Cl)cn3)sc2C1.Cc1ccc(S(=O)(=O)O)cc1. The van der Waals surface area contributed by atoms with Crippen molar-refractivity contribution < 1.29 is 32.1 Å². The van der Waals surface area contributed by atoms with Gasteiger partial charge in [0, 0.05) is 56.6 Å². The lowest BCUT2D eigenvalue weighted by atomic mass is 9.81. The first-order valence-corrected chi connectivity index (χ1v) is 17.7. The maximum Gasteiger partial charge on any atom is 0.314 e. The van der Waals surface area contributed by atoms with Crippen LogP contribution in [0.3, 0.4) is 0 Å². The molecule has 3 atom stereocenters. The fraction of sp³-hybridized carbons (Fsp3) is 0.419. The Balaban J connectivity index is 0.000000401. The number of carbonyl (C=O) groups excluding carboxylic acids is 4. The molecule has 4 N–H and O–H groups in total. The monoisotopic (exact) mass is 719 g/mol. The van der Waals surface area contributed by atoms with Gasteiger partial charge in [0.25, 0.3) is 16.0 Å². The molecule has 3 heterocycles. The highest BCUT2D eigenvalue weighted by Crippen LogP contribution is 2.28. The number of amides is 4. The van der Waals surface area contributed by atoms with Crippen molar-refractivity contribution in [2.75, 3.05) is 33.0 Å². The molecule has 0 unspecified atom stereocenters. The summed E-state index contributed by atoms with van der Waals surface area (Å²) in [6.07, 6.45) is 3.42. The molecule has 1 aliphatic heterocycles. The number of halogens is 1. The van der Waals surface area contributed by atoms with Crippen molar-refractivity contribution in [2.24, 2.45) is 5.92 Å². The predicted molar refractivity (Wildman–Crippen MR) is 180 cm³/mol. The van der Waals surface area contributed by atoms with Crippen LogP contribution >= 0.6 is 22.9 Å². The number of rotatable bonds is 6. The van der Waals surface area contributed by atoms with Gasteiger partial charge in [-0.25, -0.2) is 9.97 Å². The molecule has 2 aliphatic rings. The highest BCUT2D eigenvalue weighted by atomic mass is 35.5. The number of aromatic nitrogens is 2. The molecule has 3 aromatic rings. The molecule has 0 spiro atoms. The first kappa shape index (κ1) is 36.9. The van der Waals surface area contributed by atoms with Crippen molar-refractivity contribution in [3.05, 3.63) is 68.8 Å². The van der Waals surface area contributed by atoms with E-state index in [9.17, 15) is 27.6 Å². The number of nitrogens with one attached hydrogen (secondary N) is 3. The Kier molecular flexibility index (Phi) is 12.3. The Labute approximate surface area is 288 Å². The van der Waals surface area contributed by atoms with Gasteiger partial charge in [0.05, 0.1) is 21.7 Å².